The lowest BCUT2D eigenvalue weighted by molar-refractivity contribution is 0.670. The van der Waals surface area contributed by atoms with E-state index in [9.17, 15) is 15.8 Å². The summed E-state index contributed by atoms with van der Waals surface area (Å²) in [4.78, 5) is 34.6. The van der Waals surface area contributed by atoms with E-state index in [2.05, 4.69) is 275 Å². The fourth-order valence-electron chi connectivity index (χ4n) is 20.1. The highest BCUT2D eigenvalue weighted by molar-refractivity contribution is 6.25. The van der Waals surface area contributed by atoms with Crippen LogP contribution in [-0.2, 0) is 0 Å². The first-order chi connectivity index (χ1) is 71.2. The number of benzene rings is 19. The van der Waals surface area contributed by atoms with E-state index in [4.69, 9.17) is 48.1 Å². The fourth-order valence-corrected chi connectivity index (χ4v) is 20.1. The molecule has 0 spiro atoms. The lowest BCUT2D eigenvalue weighted by Gasteiger charge is -2.12. The third-order valence-electron chi connectivity index (χ3n) is 27.0. The first kappa shape index (κ1) is 84.2. The van der Waals surface area contributed by atoms with E-state index in [1.54, 1.807) is 24.3 Å². The van der Waals surface area contributed by atoms with E-state index in [0.29, 0.717) is 45.8 Å². The van der Waals surface area contributed by atoms with E-state index >= 15 is 0 Å². The summed E-state index contributed by atoms with van der Waals surface area (Å²) >= 11 is 0. The van der Waals surface area contributed by atoms with Crippen molar-refractivity contribution in [3.05, 3.63) is 472 Å². The largest absolute Gasteiger partial charge is 0.454 e. The summed E-state index contributed by atoms with van der Waals surface area (Å²) in [7, 11) is 0. The molecule has 16 heteroatoms. The maximum atomic E-state index is 9.58. The number of aromatic nitrogens is 10. The van der Waals surface area contributed by atoms with Gasteiger partial charge in [-0.2, -0.15) is 15.8 Å². The van der Waals surface area contributed by atoms with Crippen molar-refractivity contribution in [1.29, 1.82) is 15.8 Å². The highest BCUT2D eigenvalue weighted by Gasteiger charge is 2.26. The van der Waals surface area contributed by atoms with Crippen LogP contribution in [0.3, 0.4) is 0 Å². The summed E-state index contributed by atoms with van der Waals surface area (Å²) in [5, 5.41) is 41.9. The van der Waals surface area contributed by atoms with Crippen molar-refractivity contribution in [3.63, 3.8) is 0 Å². The van der Waals surface area contributed by atoms with Gasteiger partial charge in [0.05, 0.1) is 90.8 Å². The molecule has 0 aliphatic carbocycles. The zero-order valence-electron chi connectivity index (χ0n) is 76.8. The molecule has 19 aromatic carbocycles. The molecule has 0 bridgehead atoms. The molecule has 16 nitrogen and oxygen atoms in total. The van der Waals surface area contributed by atoms with Gasteiger partial charge in [0.2, 0.25) is 0 Å². The number of fused-ring (bicyclic) bond motifs is 21. The highest BCUT2D eigenvalue weighted by Crippen LogP contribution is 2.47. The van der Waals surface area contributed by atoms with Crippen molar-refractivity contribution in [2.75, 3.05) is 0 Å². The maximum Gasteiger partial charge on any atom is 0.164 e. The third kappa shape index (κ3) is 14.9. The van der Waals surface area contributed by atoms with Crippen molar-refractivity contribution >= 4 is 131 Å². The summed E-state index contributed by atoms with van der Waals surface area (Å²) in [6.45, 7) is 0. The van der Waals surface area contributed by atoms with Crippen LogP contribution in [0.15, 0.2) is 468 Å². The number of hydrogen-bond donors (Lipinski definition) is 0. The molecule has 28 rings (SSSR count). The zero-order chi connectivity index (χ0) is 95.8. The topological polar surface area (TPSA) is 216 Å². The van der Waals surface area contributed by atoms with E-state index < -0.39 is 0 Å². The molecule has 0 aliphatic rings. The molecule has 0 atom stereocenters. The number of furan rings is 3. The van der Waals surface area contributed by atoms with Crippen LogP contribution in [-0.4, -0.2) is 48.6 Å². The molecule has 670 valence electrons. The summed E-state index contributed by atoms with van der Waals surface area (Å²) in [5.74, 6) is 2.93. The predicted molar refractivity (Wildman–Crippen MR) is 577 cm³/mol. The molecule has 0 saturated heterocycles. The minimum atomic E-state index is 0.548. The van der Waals surface area contributed by atoms with Gasteiger partial charge < -0.3 is 27.0 Å². The van der Waals surface area contributed by atoms with Crippen molar-refractivity contribution in [2.24, 2.45) is 0 Å². The monoisotopic (exact) mass is 1840 g/mol. The van der Waals surface area contributed by atoms with Gasteiger partial charge in [-0.05, 0) is 205 Å². The van der Waals surface area contributed by atoms with Gasteiger partial charge in [-0.3, -0.25) is 0 Å². The van der Waals surface area contributed by atoms with Crippen LogP contribution < -0.4 is 0 Å². The quantitative estimate of drug-likeness (QED) is 0.105. The summed E-state index contributed by atoms with van der Waals surface area (Å²) in [6, 6.07) is 160. The molecule has 0 aliphatic heterocycles. The molecular weight excluding hydrogens is 1770 g/mol. The Kier molecular flexibility index (Phi) is 20.6. The molecule has 0 unspecified atom stereocenters. The van der Waals surface area contributed by atoms with Gasteiger partial charge >= 0.3 is 0 Å². The first-order valence-corrected chi connectivity index (χ1v) is 47.4. The smallest absolute Gasteiger partial charge is 0.164 e. The van der Waals surface area contributed by atoms with Crippen LogP contribution in [0.25, 0.3) is 261 Å². The van der Waals surface area contributed by atoms with E-state index in [0.717, 1.165) is 210 Å². The van der Waals surface area contributed by atoms with Crippen LogP contribution in [0.4, 0.5) is 0 Å². The Morgan fingerprint density at radius 1 is 0.174 bits per heavy atom. The van der Waals surface area contributed by atoms with E-state index in [1.807, 2.05) is 188 Å². The van der Waals surface area contributed by atoms with E-state index in [-0.39, 0.29) is 0 Å². The molecule has 9 heterocycles. The predicted octanol–water partition coefficient (Wildman–Crippen LogP) is 32.1. The van der Waals surface area contributed by atoms with Crippen molar-refractivity contribution in [1.82, 2.24) is 48.6 Å². The maximum absolute atomic E-state index is 9.58. The summed E-state index contributed by atoms with van der Waals surface area (Å²) in [5.41, 5.74) is 30.1. The Bertz CT molecular complexity index is 10100. The third-order valence-corrected chi connectivity index (χ3v) is 27.0. The van der Waals surface area contributed by atoms with Gasteiger partial charge in [0, 0.05) is 132 Å². The minimum absolute atomic E-state index is 0.548. The normalized spacial score (nSPS) is 11.5. The molecule has 0 radical (unpaired) electrons. The van der Waals surface area contributed by atoms with Crippen molar-refractivity contribution in [2.45, 2.75) is 0 Å². The second-order valence-electron chi connectivity index (χ2n) is 35.5. The molecule has 0 N–H and O–H groups in total. The summed E-state index contributed by atoms with van der Waals surface area (Å²) in [6.07, 6.45) is 0. The highest BCUT2D eigenvalue weighted by atomic mass is 16.3. The molecule has 144 heavy (non-hydrogen) atoms. The zero-order valence-corrected chi connectivity index (χ0v) is 76.8. The SMILES string of the molecule is N#Cc1ccc(-c2nc(-c3ccccc3)nc(-c3ccc(-n4c5ccccc5c5ccc6c7ccccc7oc6c54)cc3)n2)cc1.N#Cc1cccc(-c2cc(-c3ccccc3)nc(-c3ccc(-n4c5ccc(-c6ccccc6)cc5c5ccc6c7ccccc7oc6c54)cc3)n2)c1.N#Cc1cccc(-c2cc(-c3ccccc3)nc(-c3ccc(-n4c5ccccc5c5ccc6c7ccccc7oc6c54)cc3)n2)c1. The molecule has 0 amide bonds. The van der Waals surface area contributed by atoms with Crippen molar-refractivity contribution in [3.8, 4) is 148 Å². The van der Waals surface area contributed by atoms with Crippen LogP contribution in [0.1, 0.15) is 16.7 Å². The van der Waals surface area contributed by atoms with Crippen molar-refractivity contribution < 1.29 is 13.3 Å². The number of nitrogens with zero attached hydrogens (tertiary/aromatic N) is 13. The van der Waals surface area contributed by atoms with Crippen LogP contribution in [0, 0.1) is 34.0 Å². The number of nitriles is 3. The van der Waals surface area contributed by atoms with Gasteiger partial charge in [0.15, 0.2) is 45.9 Å². The minimum Gasteiger partial charge on any atom is -0.454 e. The van der Waals surface area contributed by atoms with Gasteiger partial charge in [-0.15, -0.1) is 0 Å². The molecule has 28 aromatic rings. The number of para-hydroxylation sites is 5. The van der Waals surface area contributed by atoms with Gasteiger partial charge in [0.25, 0.3) is 0 Å². The van der Waals surface area contributed by atoms with Gasteiger partial charge in [-0.25, -0.2) is 34.9 Å². The lowest BCUT2D eigenvalue weighted by Crippen LogP contribution is -2.00. The fraction of sp³-hybridized carbons (Fsp3) is 0. The van der Waals surface area contributed by atoms with Crippen LogP contribution >= 0.6 is 0 Å². The van der Waals surface area contributed by atoms with Crippen LogP contribution in [0.5, 0.6) is 0 Å². The van der Waals surface area contributed by atoms with Gasteiger partial charge in [-0.1, -0.05) is 261 Å². The Morgan fingerprint density at radius 3 is 0.826 bits per heavy atom. The average Bonchev–Trinajstić information content (AvgIpc) is 1.57. The molecule has 0 fully saturated rings. The molecular formula is C128H75N13O3. The van der Waals surface area contributed by atoms with E-state index in [1.165, 1.54) is 21.9 Å². The second-order valence-corrected chi connectivity index (χ2v) is 35.5. The standard InChI is InChI=1S/C47H28N4O.C41H24N4O.C40H23N5O/c48-29-30-10-9-15-35(26-30)42-28-41(32-13-5-2-6-14-32)49-47(50-42)33-18-21-36(22-19-33)51-43-25-20-34(31-11-3-1-4-12-31)27-40(43)38-23-24-39-37-16-7-8-17-44(37)52-46(39)45(38)51;42-25-26-9-8-12-29(23-26)36-24-35(27-10-2-1-3-11-27)43-41(44-36)28-17-19-30(20-18-28)45-37-15-6-4-13-31(37)33-21-22-34-32-14-5-7-16-38(32)46-40(34)39(33)45;41-24-25-14-16-27(17-15-25)39-42-38(26-8-2-1-3-9-26)43-40(44-39)28-18-20-29(21-19-28)45-34-12-6-4-10-30(34)32-22-23-33-31-11-5-7-13-35(31)46-37(33)36(32)45/h1-28H;1-24H;1-23H. The Hall–Kier alpha value is -20.4. The molecule has 0 saturated carbocycles. The lowest BCUT2D eigenvalue weighted by atomic mass is 10.0. The second kappa shape index (κ2) is 35.3. The molecule has 9 aromatic heterocycles. The number of hydrogen-bond acceptors (Lipinski definition) is 13. The Labute approximate surface area is 823 Å². The Morgan fingerprint density at radius 2 is 0.451 bits per heavy atom. The Balaban J connectivity index is 0.000000110. The first-order valence-electron chi connectivity index (χ1n) is 47.4. The number of rotatable bonds is 13. The van der Waals surface area contributed by atoms with Gasteiger partial charge in [0.1, 0.15) is 16.7 Å². The average molecular weight is 1840 g/mol. The van der Waals surface area contributed by atoms with Crippen LogP contribution in [0.2, 0.25) is 0 Å². The summed E-state index contributed by atoms with van der Waals surface area (Å²) < 4.78 is 26.5.